The first-order valence-electron chi connectivity index (χ1n) is 15.7. The summed E-state index contributed by atoms with van der Waals surface area (Å²) in [5.41, 5.74) is 0. The molecule has 0 aromatic heterocycles. The van der Waals surface area contributed by atoms with Crippen molar-refractivity contribution in [3.8, 4) is 0 Å². The fourth-order valence-corrected chi connectivity index (χ4v) is 5.53. The monoisotopic (exact) mass is 554 g/mol. The number of carboxylic acid groups (broad SMARTS) is 3. The van der Waals surface area contributed by atoms with E-state index in [1.165, 1.54) is 83.5 Å². The van der Waals surface area contributed by atoms with E-state index < -0.39 is 35.7 Å². The molecule has 3 unspecified atom stereocenters. The summed E-state index contributed by atoms with van der Waals surface area (Å²) >= 11 is 0. The number of aliphatic carboxylic acids is 3. The van der Waals surface area contributed by atoms with E-state index in [4.69, 9.17) is 0 Å². The molecule has 0 aliphatic carbocycles. The minimum absolute atomic E-state index is 0.226. The van der Waals surface area contributed by atoms with Crippen LogP contribution in [0.3, 0.4) is 0 Å². The van der Waals surface area contributed by atoms with Crippen molar-refractivity contribution >= 4 is 17.9 Å². The molecule has 0 aliphatic heterocycles. The minimum atomic E-state index is -0.932. The van der Waals surface area contributed by atoms with Crippen LogP contribution in [0.5, 0.6) is 0 Å². The summed E-state index contributed by atoms with van der Waals surface area (Å²) in [6.07, 6.45) is 24.2. The number of unbranched alkanes of at least 4 members (excludes halogenated alkanes) is 14. The number of carbonyl (C=O) groups is 3. The first-order chi connectivity index (χ1) is 18.5. The molecule has 3 N–H and O–H groups in total. The van der Waals surface area contributed by atoms with E-state index in [0.29, 0.717) is 6.54 Å². The Morgan fingerprint density at radius 3 is 1.18 bits per heavy atom. The molecule has 0 heterocycles. The maximum Gasteiger partial charge on any atom is 0.311 e. The molecule has 0 rings (SSSR count). The van der Waals surface area contributed by atoms with Gasteiger partial charge in [-0.1, -0.05) is 89.7 Å². The number of carboxylic acids is 3. The summed E-state index contributed by atoms with van der Waals surface area (Å²) in [6.45, 7) is 8.45. The van der Waals surface area contributed by atoms with Gasteiger partial charge in [-0.3, -0.25) is 14.4 Å². The average molecular weight is 555 g/mol. The summed E-state index contributed by atoms with van der Waals surface area (Å²) < 4.78 is 0.226. The Bertz CT molecular complexity index is 637. The van der Waals surface area contributed by atoms with Crippen LogP contribution >= 0.6 is 0 Å². The van der Waals surface area contributed by atoms with E-state index in [-0.39, 0.29) is 24.1 Å². The predicted molar refractivity (Wildman–Crippen MR) is 159 cm³/mol. The van der Waals surface area contributed by atoms with Gasteiger partial charge in [-0.05, 0) is 52.9 Å². The Kier molecular flexibility index (Phi) is 21.8. The van der Waals surface area contributed by atoms with Crippen LogP contribution in [-0.2, 0) is 14.4 Å². The maximum absolute atomic E-state index is 11.6. The summed E-state index contributed by atoms with van der Waals surface area (Å²) in [4.78, 5) is 34.8. The van der Waals surface area contributed by atoms with Gasteiger partial charge in [0, 0.05) is 0 Å². The van der Waals surface area contributed by atoms with Crippen molar-refractivity contribution in [3.63, 3.8) is 0 Å². The van der Waals surface area contributed by atoms with E-state index in [9.17, 15) is 29.7 Å². The van der Waals surface area contributed by atoms with Gasteiger partial charge in [0.25, 0.3) is 0 Å². The van der Waals surface area contributed by atoms with Gasteiger partial charge in [-0.2, -0.15) is 0 Å². The van der Waals surface area contributed by atoms with Crippen molar-refractivity contribution in [2.75, 3.05) is 26.2 Å². The van der Waals surface area contributed by atoms with Gasteiger partial charge >= 0.3 is 17.9 Å². The topological polar surface area (TPSA) is 112 Å². The Hall–Kier alpha value is -1.89. The average Bonchev–Trinajstić information content (AvgIpc) is 2.87. The molecule has 0 aliphatic rings. The lowest BCUT2D eigenvalue weighted by atomic mass is 10.00. The third kappa shape index (κ3) is 19.8. The van der Waals surface area contributed by atoms with Crippen molar-refractivity contribution < 1.29 is 34.2 Å². The number of hydrogen-bond acceptors (Lipinski definition) is 3. The minimum Gasteiger partial charge on any atom is -0.481 e. The van der Waals surface area contributed by atoms with Gasteiger partial charge in [0.2, 0.25) is 0 Å². The maximum atomic E-state index is 11.6. The second kappa shape index (κ2) is 22.9. The van der Waals surface area contributed by atoms with Crippen molar-refractivity contribution in [1.82, 2.24) is 0 Å². The number of quaternary nitrogens is 1. The molecule has 3 atom stereocenters. The summed E-state index contributed by atoms with van der Waals surface area (Å²) in [5, 5.41) is 28.5. The number of hydrogen-bond donors (Lipinski definition) is 3. The van der Waals surface area contributed by atoms with E-state index in [1.54, 1.807) is 20.8 Å². The van der Waals surface area contributed by atoms with Gasteiger partial charge < -0.3 is 19.8 Å². The van der Waals surface area contributed by atoms with Gasteiger partial charge in [0.1, 0.15) is 17.8 Å². The number of nitrogens with zero attached hydrogens (tertiary/aromatic N) is 1. The first-order valence-corrected chi connectivity index (χ1v) is 15.7. The summed E-state index contributed by atoms with van der Waals surface area (Å²) in [5.74, 6) is -4.80. The smallest absolute Gasteiger partial charge is 0.311 e. The number of rotatable bonds is 27. The lowest BCUT2D eigenvalue weighted by molar-refractivity contribution is -0.934. The van der Waals surface area contributed by atoms with Crippen molar-refractivity contribution in [1.29, 1.82) is 0 Å². The van der Waals surface area contributed by atoms with Crippen LogP contribution in [0, 0.1) is 17.8 Å². The lowest BCUT2D eigenvalue weighted by Crippen LogP contribution is -2.57. The van der Waals surface area contributed by atoms with Crippen LogP contribution in [-0.4, -0.2) is 63.9 Å². The van der Waals surface area contributed by atoms with Crippen molar-refractivity contribution in [2.24, 2.45) is 17.8 Å². The molecular weight excluding hydrogens is 494 g/mol. The fraction of sp³-hybridized carbons (Fsp3) is 0.844. The molecule has 0 spiro atoms. The molecule has 228 valence electrons. The lowest BCUT2D eigenvalue weighted by Gasteiger charge is -2.42. The van der Waals surface area contributed by atoms with Gasteiger partial charge in [-0.25, -0.2) is 0 Å². The largest absolute Gasteiger partial charge is 0.481 e. The van der Waals surface area contributed by atoms with Crippen LogP contribution in [0.15, 0.2) is 12.2 Å². The van der Waals surface area contributed by atoms with E-state index in [1.807, 2.05) is 0 Å². The fourth-order valence-electron chi connectivity index (χ4n) is 5.53. The number of allylic oxidation sites excluding steroid dienone is 2. The highest BCUT2D eigenvalue weighted by molar-refractivity contribution is 5.70. The Balaban J connectivity index is 4.35. The normalized spacial score (nSPS) is 15.6. The molecule has 0 aromatic rings. The van der Waals surface area contributed by atoms with E-state index >= 15 is 0 Å². The molecule has 0 aromatic carbocycles. The molecule has 0 saturated carbocycles. The highest BCUT2D eigenvalue weighted by Crippen LogP contribution is 2.22. The molecular formula is C32H60NO6+. The van der Waals surface area contributed by atoms with Crippen LogP contribution < -0.4 is 0 Å². The van der Waals surface area contributed by atoms with Crippen LogP contribution in [0.4, 0.5) is 0 Å². The highest BCUT2D eigenvalue weighted by atomic mass is 16.4. The van der Waals surface area contributed by atoms with Crippen molar-refractivity contribution in [2.45, 2.75) is 130 Å². The molecule has 39 heavy (non-hydrogen) atoms. The summed E-state index contributed by atoms with van der Waals surface area (Å²) in [7, 11) is 0. The zero-order valence-corrected chi connectivity index (χ0v) is 25.5. The third-order valence-electron chi connectivity index (χ3n) is 7.87. The van der Waals surface area contributed by atoms with Gasteiger partial charge in [0.15, 0.2) is 0 Å². The SMILES string of the molecule is CCC/C=C/CCCCCCCCCCCCCCC[N+](CC(C)C(=O)O)(CC(C)C(=O)O)CC(C)C(=O)O. The second-order valence-corrected chi connectivity index (χ2v) is 12.0. The van der Waals surface area contributed by atoms with Gasteiger partial charge in [-0.15, -0.1) is 0 Å². The standard InChI is InChI=1S/C32H59NO6/c1-5-6-7-8-9-10-11-12-13-14-15-16-17-18-19-20-21-22-23-33(24-27(2)30(34)35,25-28(3)31(36)37)26-29(4)32(38)39/h7-8,27-29H,5-6,9-26H2,1-4H3,(H2-,34,35,36,37,38,39)/p+1/b8-7+. The van der Waals surface area contributed by atoms with E-state index in [2.05, 4.69) is 19.1 Å². The Morgan fingerprint density at radius 2 is 0.846 bits per heavy atom. The molecule has 0 saturated heterocycles. The molecule has 7 heteroatoms. The summed E-state index contributed by atoms with van der Waals surface area (Å²) in [6, 6.07) is 0. The molecule has 0 amide bonds. The molecule has 7 nitrogen and oxygen atoms in total. The Morgan fingerprint density at radius 1 is 0.538 bits per heavy atom. The van der Waals surface area contributed by atoms with Crippen molar-refractivity contribution in [3.05, 3.63) is 12.2 Å². The molecule has 0 fully saturated rings. The van der Waals surface area contributed by atoms with Crippen LogP contribution in [0.2, 0.25) is 0 Å². The Labute approximate surface area is 238 Å². The zero-order valence-electron chi connectivity index (χ0n) is 25.5. The predicted octanol–water partition coefficient (Wildman–Crippen LogP) is 7.78. The highest BCUT2D eigenvalue weighted by Gasteiger charge is 2.38. The van der Waals surface area contributed by atoms with E-state index in [0.717, 1.165) is 19.3 Å². The quantitative estimate of drug-likeness (QED) is 0.0543. The molecule has 0 bridgehead atoms. The third-order valence-corrected chi connectivity index (χ3v) is 7.87. The van der Waals surface area contributed by atoms with Gasteiger partial charge in [0.05, 0.1) is 26.2 Å². The molecule has 0 radical (unpaired) electrons. The van der Waals surface area contributed by atoms with Crippen LogP contribution in [0.1, 0.15) is 130 Å². The van der Waals surface area contributed by atoms with Crippen LogP contribution in [0.25, 0.3) is 0 Å². The second-order valence-electron chi connectivity index (χ2n) is 12.0. The first kappa shape index (κ1) is 37.1. The zero-order chi connectivity index (χ0) is 29.5.